The van der Waals surface area contributed by atoms with Crippen LogP contribution in [0.4, 0.5) is 11.6 Å². The van der Waals surface area contributed by atoms with Crippen molar-refractivity contribution in [1.29, 1.82) is 0 Å². The van der Waals surface area contributed by atoms with E-state index >= 15 is 0 Å². The summed E-state index contributed by atoms with van der Waals surface area (Å²) in [6.45, 7) is -9.84. The molecule has 0 aromatic carbocycles. The summed E-state index contributed by atoms with van der Waals surface area (Å²) in [6, 6.07) is 0. The van der Waals surface area contributed by atoms with Gasteiger partial charge in [-0.1, -0.05) is 90.9 Å². The van der Waals surface area contributed by atoms with Crippen LogP contribution in [-0.2, 0) is 102 Å². The normalized spacial score (nSPS) is 21.8. The molecule has 93 heavy (non-hydrogen) atoms. The van der Waals surface area contributed by atoms with Crippen molar-refractivity contribution in [2.45, 2.75) is 185 Å². The maximum atomic E-state index is 13.9. The Kier molecular flexibility index (Phi) is 33.7. The molecule has 6 heterocycles. The number of rotatable bonds is 49. The maximum absolute atomic E-state index is 13.9. The number of nitrogen functional groups attached to an aromatic ring is 2. The second-order valence-corrected chi connectivity index (χ2v) is 32.8. The first-order valence-corrected chi connectivity index (χ1v) is 40.2. The largest absolute Gasteiger partial charge is 0.472 e. The molecule has 0 bridgehead atoms. The first-order chi connectivity index (χ1) is 44.5. The lowest BCUT2D eigenvalue weighted by Crippen LogP contribution is -2.55. The van der Waals surface area contributed by atoms with Crippen LogP contribution in [0.2, 0.25) is 0 Å². The van der Waals surface area contributed by atoms with Gasteiger partial charge in [0.15, 0.2) is 22.9 Å². The highest BCUT2D eigenvalue weighted by atomic mass is 32.7. The predicted molar refractivity (Wildman–Crippen MR) is 340 cm³/mol. The second-order valence-electron chi connectivity index (χ2n) is 21.9. The number of carbonyl (C=O) groups is 2. The number of anilines is 2. The van der Waals surface area contributed by atoms with Crippen LogP contribution in [-0.4, -0.2) is 196 Å². The van der Waals surface area contributed by atoms with Crippen molar-refractivity contribution in [3.63, 3.8) is 0 Å². The first-order valence-electron chi connectivity index (χ1n) is 30.8. The van der Waals surface area contributed by atoms with Gasteiger partial charge in [0.05, 0.1) is 52.3 Å². The molecule has 0 saturated carbocycles. The number of esters is 2. The van der Waals surface area contributed by atoms with E-state index in [4.69, 9.17) is 71.8 Å². The number of methoxy groups -OCH3 is 1. The van der Waals surface area contributed by atoms with Crippen LogP contribution < -0.4 is 11.5 Å². The molecule has 40 heteroatoms. The van der Waals surface area contributed by atoms with E-state index < -0.39 is 123 Å². The number of ether oxygens (including phenoxy) is 7. The van der Waals surface area contributed by atoms with Crippen LogP contribution in [0, 0.1) is 0 Å². The summed E-state index contributed by atoms with van der Waals surface area (Å²) in [6.07, 6.45) is 11.8. The Bertz CT molecular complexity index is 3110. The predicted octanol–water partition coefficient (Wildman–Crippen LogP) is 7.54. The lowest BCUT2D eigenvalue weighted by Gasteiger charge is -2.43. The van der Waals surface area contributed by atoms with E-state index in [2.05, 4.69) is 43.8 Å². The molecule has 4 aromatic rings. The molecule has 2 fully saturated rings. The molecule has 0 spiro atoms. The Morgan fingerprint density at radius 3 is 1.76 bits per heavy atom. The van der Waals surface area contributed by atoms with Crippen molar-refractivity contribution in [1.82, 2.24) is 39.0 Å². The van der Waals surface area contributed by atoms with Crippen LogP contribution in [0.1, 0.15) is 129 Å². The maximum Gasteiger partial charge on any atom is 0.472 e. The fourth-order valence-electron chi connectivity index (χ4n) is 9.79. The third kappa shape index (κ3) is 27.1. The third-order valence-electron chi connectivity index (χ3n) is 14.8. The quantitative estimate of drug-likeness (QED) is 0.0127. The van der Waals surface area contributed by atoms with Gasteiger partial charge in [0, 0.05) is 38.1 Å². The molecule has 0 radical (unpaired) electrons. The van der Waals surface area contributed by atoms with Gasteiger partial charge in [-0.2, -0.15) is 0 Å². The van der Waals surface area contributed by atoms with E-state index in [1.54, 1.807) is 0 Å². The molecular weight excluding hydrogens is 1350 g/mol. The molecular formula is C53H90N10O24P4S2. The minimum absolute atomic E-state index is 0.0320. The van der Waals surface area contributed by atoms with Gasteiger partial charge in [-0.15, -0.1) is 0 Å². The average Bonchev–Trinajstić information content (AvgIpc) is 1.46. The third-order valence-corrected chi connectivity index (χ3v) is 22.8. The summed E-state index contributed by atoms with van der Waals surface area (Å²) in [4.78, 5) is 92.8. The zero-order valence-corrected chi connectivity index (χ0v) is 57.7. The van der Waals surface area contributed by atoms with Gasteiger partial charge >= 0.3 is 41.2 Å². The molecule has 528 valence electrons. The molecule has 8 unspecified atom stereocenters. The van der Waals surface area contributed by atoms with E-state index in [9.17, 15) is 52.5 Å². The Morgan fingerprint density at radius 1 is 0.677 bits per heavy atom. The summed E-state index contributed by atoms with van der Waals surface area (Å²) in [7, 11) is -9.22. The molecule has 9 N–H and O–H groups in total. The zero-order valence-electron chi connectivity index (χ0n) is 52.5. The lowest BCUT2D eigenvalue weighted by molar-refractivity contribution is -0.214. The van der Waals surface area contributed by atoms with E-state index in [-0.39, 0.29) is 104 Å². The minimum Gasteiger partial charge on any atom is -0.465 e. The molecule has 2 aliphatic rings. The molecule has 2 aliphatic heterocycles. The number of aliphatic hydroxyl groups is 1. The fraction of sp³-hybridized carbons (Fsp3) is 0.774. The summed E-state index contributed by atoms with van der Waals surface area (Å²) in [5, 5.41) is 11.6. The number of nitrogens with zero attached hydrogens (tertiary/aromatic N) is 8. The van der Waals surface area contributed by atoms with Crippen LogP contribution in [0.3, 0.4) is 0 Å². The van der Waals surface area contributed by atoms with Crippen molar-refractivity contribution in [2.75, 3.05) is 89.5 Å². The second kappa shape index (κ2) is 39.9. The first kappa shape index (κ1) is 78.6. The van der Waals surface area contributed by atoms with Crippen LogP contribution in [0.15, 0.2) is 25.3 Å². The Hall–Kier alpha value is -3.38. The van der Waals surface area contributed by atoms with E-state index in [1.807, 2.05) is 0 Å². The van der Waals surface area contributed by atoms with Crippen LogP contribution in [0.25, 0.3) is 22.3 Å². The minimum atomic E-state index is -5.28. The molecule has 2 saturated heterocycles. The van der Waals surface area contributed by atoms with Crippen molar-refractivity contribution in [3.8, 4) is 0 Å². The average molecular weight is 1440 g/mol. The van der Waals surface area contributed by atoms with Crippen molar-refractivity contribution < 1.29 is 113 Å². The number of fused-ring (bicyclic) bond motifs is 2. The molecule has 34 nitrogen and oxygen atoms in total. The zero-order chi connectivity index (χ0) is 67.3. The molecule has 6 rings (SSSR count). The lowest BCUT2D eigenvalue weighted by atomic mass is 9.90. The van der Waals surface area contributed by atoms with Crippen LogP contribution >= 0.6 is 52.0 Å². The van der Waals surface area contributed by atoms with Gasteiger partial charge in [0.25, 0.3) is 0 Å². The van der Waals surface area contributed by atoms with Crippen molar-refractivity contribution >= 4 is 97.9 Å². The number of hydrogen-bond donors (Lipinski definition) is 7. The van der Waals surface area contributed by atoms with Gasteiger partial charge < -0.3 is 69.3 Å². The number of aliphatic hydroxyl groups excluding tert-OH is 1. The Balaban J connectivity index is 1.05. The number of carbonyl (C=O) groups excluding carboxylic acids is 2. The monoisotopic (exact) mass is 1440 g/mol. The smallest absolute Gasteiger partial charge is 0.465 e. The highest BCUT2D eigenvalue weighted by molar-refractivity contribution is 8.55. The van der Waals surface area contributed by atoms with E-state index in [0.717, 1.165) is 70.5 Å². The summed E-state index contributed by atoms with van der Waals surface area (Å²) >= 11 is 1.06. The Labute approximate surface area is 547 Å². The van der Waals surface area contributed by atoms with E-state index in [0.29, 0.717) is 35.6 Å². The summed E-state index contributed by atoms with van der Waals surface area (Å²) in [5.74, 6) is -0.846. The molecule has 11 atom stereocenters. The van der Waals surface area contributed by atoms with Crippen molar-refractivity contribution in [2.24, 2.45) is 0 Å². The molecule has 4 aromatic heterocycles. The number of aromatic nitrogens is 8. The highest BCUT2D eigenvalue weighted by Gasteiger charge is 2.48. The van der Waals surface area contributed by atoms with Gasteiger partial charge in [-0.25, -0.2) is 48.2 Å². The standard InChI is InChI=1S/C53H90N10O24P4S2/c1-4-6-8-10-12-14-16-19-44(65)77-23-25-92-90(71,72)84-30-41-48(75-3)42(28-79-41)87-89(69,70)83-29-40(80-37-62-35-60-46-49(54)56-33-58-51(46)62)39(64)27-82-88(67,68)86-32-53(81-38-63-36-61-47-50(55)57-34-59-52(47)63)21-18-22-76-43(53)31-85-91(73,74)93-26-24-78-45(66)20-17-15-13-11-9-7-5-2/h33-36,39-43,48,64H,4-32,37-38H2,1-3H3,(H,67,68)(H,69,70)(H,71,72)(H,73,74)(H2,54,56,58)(H2,55,57,59)/t39?,40-,41-,42?,43?,48?,53-/m1/s1. The number of unbranched alkanes of at least 4 members (excludes halogenated alkanes) is 12. The number of phosphoric acid groups is 2. The van der Waals surface area contributed by atoms with Gasteiger partial charge in [0.2, 0.25) is 0 Å². The van der Waals surface area contributed by atoms with E-state index in [1.165, 1.54) is 48.1 Å². The highest BCUT2D eigenvalue weighted by Crippen LogP contribution is 2.57. The van der Waals surface area contributed by atoms with Crippen molar-refractivity contribution in [3.05, 3.63) is 25.3 Å². The SMILES string of the molecule is CCCCCCCCCC(=O)OCCSP(=O)(O)OCC1OCCC[C@]1(COP(=O)(O)OCC(O)[C@@H](COP(=O)(O)OC1CO[C@H](COP(=O)(O)SCCOC(=O)CCCCCCCCC)C1OC)OCn1cnc2c(N)ncnc21)OCn1cnc2c(N)ncnc21. The summed E-state index contributed by atoms with van der Waals surface area (Å²) in [5.41, 5.74) is 11.1. The number of hydrogen-bond acceptors (Lipinski definition) is 30. The fourth-order valence-corrected chi connectivity index (χ4v) is 15.7. The number of phosphoric ester groups is 2. The number of imidazole rings is 2. The topological polar surface area (TPSA) is 463 Å². The van der Waals surface area contributed by atoms with Gasteiger partial charge in [-0.3, -0.25) is 45.9 Å². The van der Waals surface area contributed by atoms with Crippen LogP contribution in [0.5, 0.6) is 0 Å². The Morgan fingerprint density at radius 2 is 1.20 bits per heavy atom. The molecule has 0 amide bonds. The van der Waals surface area contributed by atoms with Gasteiger partial charge in [-0.05, 0) is 48.4 Å². The summed E-state index contributed by atoms with van der Waals surface area (Å²) < 4.78 is 129. The molecule has 0 aliphatic carbocycles. The number of nitrogens with two attached hydrogens (primary N) is 2. The van der Waals surface area contributed by atoms with Gasteiger partial charge in [0.1, 0.15) is 92.6 Å².